The van der Waals surface area contributed by atoms with Crippen molar-refractivity contribution in [2.75, 3.05) is 0 Å². The fraction of sp³-hybridized carbons (Fsp3) is 0.357. The first-order valence-corrected chi connectivity index (χ1v) is 5.83. The second kappa shape index (κ2) is 9.53. The van der Waals surface area contributed by atoms with Gasteiger partial charge in [0, 0.05) is 0 Å². The van der Waals surface area contributed by atoms with Gasteiger partial charge in [0.05, 0.1) is 11.6 Å². The molecule has 0 amide bonds. The Bertz CT molecular complexity index is 516. The third kappa shape index (κ3) is 6.56. The zero-order chi connectivity index (χ0) is 16.4. The maximum absolute atomic E-state index is 12.4. The summed E-state index contributed by atoms with van der Waals surface area (Å²) < 4.78 is 37.3. The summed E-state index contributed by atoms with van der Waals surface area (Å²) in [5, 5.41) is 16.4. The minimum absolute atomic E-state index is 0.0222. The maximum Gasteiger partial charge on any atom is 0.310 e. The van der Waals surface area contributed by atoms with E-state index in [1.54, 1.807) is 6.07 Å². The Morgan fingerprint density at radius 2 is 1.62 bits per heavy atom. The number of ketones is 1. The largest absolute Gasteiger partial charge is 0.481 e. The van der Waals surface area contributed by atoms with Gasteiger partial charge in [0.25, 0.3) is 0 Å². The van der Waals surface area contributed by atoms with Crippen LogP contribution in [0, 0.1) is 11.3 Å². The highest BCUT2D eigenvalue weighted by atomic mass is 19.1. The lowest BCUT2D eigenvalue weighted by atomic mass is 10.00. The third-order valence-electron chi connectivity index (χ3n) is 2.39. The molecular formula is C14H14F3NO3. The van der Waals surface area contributed by atoms with Gasteiger partial charge in [0.1, 0.15) is 32.2 Å². The van der Waals surface area contributed by atoms with Crippen LogP contribution in [0.5, 0.6) is 0 Å². The smallest absolute Gasteiger partial charge is 0.310 e. The van der Waals surface area contributed by atoms with E-state index in [1.807, 2.05) is 0 Å². The molecule has 1 aromatic carbocycles. The van der Waals surface area contributed by atoms with Crippen molar-refractivity contribution in [2.24, 2.45) is 0 Å². The van der Waals surface area contributed by atoms with Crippen LogP contribution in [0.3, 0.4) is 0 Å². The van der Waals surface area contributed by atoms with Gasteiger partial charge < -0.3 is 5.11 Å². The van der Waals surface area contributed by atoms with Gasteiger partial charge in [-0.05, 0) is 35.7 Å². The van der Waals surface area contributed by atoms with Gasteiger partial charge in [-0.3, -0.25) is 9.59 Å². The number of alkyl halides is 3. The maximum atomic E-state index is 12.4. The van der Waals surface area contributed by atoms with Gasteiger partial charge in [-0.1, -0.05) is 0 Å². The van der Waals surface area contributed by atoms with Gasteiger partial charge in [0.2, 0.25) is 0 Å². The molecule has 21 heavy (non-hydrogen) atoms. The second-order valence-electron chi connectivity index (χ2n) is 4.06. The molecule has 1 N–H and O–H groups in total. The molecule has 7 heteroatoms. The summed E-state index contributed by atoms with van der Waals surface area (Å²) in [4.78, 5) is 19.5. The normalized spacial score (nSPS) is 9.29. The Morgan fingerprint density at radius 3 is 1.81 bits per heavy atom. The van der Waals surface area contributed by atoms with Crippen molar-refractivity contribution in [3.05, 3.63) is 34.4 Å². The van der Waals surface area contributed by atoms with E-state index in [0.717, 1.165) is 0 Å². The molecule has 0 bridgehead atoms. The van der Waals surface area contributed by atoms with Gasteiger partial charge in [-0.2, -0.15) is 5.26 Å². The van der Waals surface area contributed by atoms with E-state index in [1.165, 1.54) is 19.1 Å². The number of carboxylic acids is 1. The topological polar surface area (TPSA) is 78.2 Å². The van der Waals surface area contributed by atoms with E-state index in [4.69, 9.17) is 10.4 Å². The summed E-state index contributed by atoms with van der Waals surface area (Å²) in [7, 11) is 0. The van der Waals surface area contributed by atoms with Crippen LogP contribution in [0.15, 0.2) is 12.1 Å². The molecule has 4 nitrogen and oxygen atoms in total. The van der Waals surface area contributed by atoms with Crippen LogP contribution in [0.1, 0.15) is 35.6 Å². The molecule has 0 aliphatic carbocycles. The number of hydrogen-bond acceptors (Lipinski definition) is 3. The van der Waals surface area contributed by atoms with E-state index in [-0.39, 0.29) is 34.5 Å². The van der Waals surface area contributed by atoms with Crippen LogP contribution in [0.25, 0.3) is 0 Å². The molecule has 0 aliphatic rings. The number of benzene rings is 1. The Labute approximate surface area is 119 Å². The molecule has 0 heterocycles. The van der Waals surface area contributed by atoms with Gasteiger partial charge in [0.15, 0.2) is 0 Å². The van der Waals surface area contributed by atoms with Crippen molar-refractivity contribution in [2.45, 2.75) is 33.4 Å². The molecule has 0 radical (unpaired) electrons. The van der Waals surface area contributed by atoms with Crippen LogP contribution in [-0.2, 0) is 29.6 Å². The van der Waals surface area contributed by atoms with Crippen molar-refractivity contribution >= 4 is 11.8 Å². The van der Waals surface area contributed by atoms with Crippen molar-refractivity contribution in [3.8, 4) is 6.07 Å². The summed E-state index contributed by atoms with van der Waals surface area (Å²) in [6.07, 6.45) is -0.361. The van der Waals surface area contributed by atoms with Gasteiger partial charge >= 0.3 is 5.97 Å². The number of carboxylic acid groups (broad SMARTS) is 1. The molecule has 0 spiro atoms. The SMILES string of the molecule is CC(=O)CC(=O)O.N#Cc1cc(CF)c(CF)c(CF)c1. The standard InChI is InChI=1S/C10H8F3N.C4H6O3/c11-3-8-1-7(6-14)2-9(4-12)10(8)5-13;1-3(5)2-4(6)7/h1-2H,3-5H2;2H2,1H3,(H,6,7). The lowest BCUT2D eigenvalue weighted by molar-refractivity contribution is -0.139. The highest BCUT2D eigenvalue weighted by Gasteiger charge is 2.10. The fourth-order valence-corrected chi connectivity index (χ4v) is 1.49. The van der Waals surface area contributed by atoms with Crippen molar-refractivity contribution in [3.63, 3.8) is 0 Å². The summed E-state index contributed by atoms with van der Waals surface area (Å²) in [5.41, 5.74) is 0.287. The highest BCUT2D eigenvalue weighted by Crippen LogP contribution is 2.21. The Morgan fingerprint density at radius 1 is 1.14 bits per heavy atom. The van der Waals surface area contributed by atoms with Crippen LogP contribution < -0.4 is 0 Å². The number of nitrogens with zero attached hydrogens (tertiary/aromatic N) is 1. The predicted molar refractivity (Wildman–Crippen MR) is 68.5 cm³/mol. The monoisotopic (exact) mass is 301 g/mol. The van der Waals surface area contributed by atoms with Crippen LogP contribution >= 0.6 is 0 Å². The summed E-state index contributed by atoms with van der Waals surface area (Å²) in [5.74, 6) is -1.37. The number of halogens is 3. The molecule has 0 atom stereocenters. The lowest BCUT2D eigenvalue weighted by Crippen LogP contribution is -2.00. The molecule has 0 saturated carbocycles. The second-order valence-corrected chi connectivity index (χ2v) is 4.06. The Balaban J connectivity index is 0.000000486. The van der Waals surface area contributed by atoms with Crippen LogP contribution in [-0.4, -0.2) is 16.9 Å². The molecule has 114 valence electrons. The predicted octanol–water partition coefficient (Wildman–Crippen LogP) is 3.02. The fourth-order valence-electron chi connectivity index (χ4n) is 1.49. The van der Waals surface area contributed by atoms with Gasteiger partial charge in [-0.15, -0.1) is 0 Å². The first-order valence-electron chi connectivity index (χ1n) is 5.83. The first-order chi connectivity index (χ1) is 9.89. The number of rotatable bonds is 5. The highest BCUT2D eigenvalue weighted by molar-refractivity contribution is 5.93. The third-order valence-corrected chi connectivity index (χ3v) is 2.39. The summed E-state index contributed by atoms with van der Waals surface area (Å²) in [6.45, 7) is -1.44. The van der Waals surface area contributed by atoms with E-state index < -0.39 is 26.0 Å². The van der Waals surface area contributed by atoms with E-state index >= 15 is 0 Å². The number of hydrogen-bond donors (Lipinski definition) is 1. The minimum atomic E-state index is -1.06. The number of Topliss-reactive ketones (excluding diaryl/α,β-unsaturated/α-hetero) is 1. The average Bonchev–Trinajstić information content (AvgIpc) is 2.44. The van der Waals surface area contributed by atoms with Crippen LogP contribution in [0.2, 0.25) is 0 Å². The van der Waals surface area contributed by atoms with Crippen LogP contribution in [0.4, 0.5) is 13.2 Å². The Kier molecular flexibility index (Phi) is 8.46. The van der Waals surface area contributed by atoms with Gasteiger partial charge in [-0.25, -0.2) is 13.2 Å². The summed E-state index contributed by atoms with van der Waals surface area (Å²) >= 11 is 0. The molecule has 1 aromatic rings. The molecular weight excluding hydrogens is 287 g/mol. The first kappa shape index (κ1) is 18.6. The minimum Gasteiger partial charge on any atom is -0.481 e. The number of nitriles is 1. The molecule has 0 fully saturated rings. The molecule has 0 saturated heterocycles. The zero-order valence-corrected chi connectivity index (χ0v) is 11.3. The molecule has 0 unspecified atom stereocenters. The van der Waals surface area contributed by atoms with Crippen molar-refractivity contribution in [1.82, 2.24) is 0 Å². The van der Waals surface area contributed by atoms with E-state index in [9.17, 15) is 22.8 Å². The number of aliphatic carboxylic acids is 1. The lowest BCUT2D eigenvalue weighted by Gasteiger charge is -2.07. The molecule has 0 aromatic heterocycles. The van der Waals surface area contributed by atoms with E-state index in [0.29, 0.717) is 0 Å². The zero-order valence-electron chi connectivity index (χ0n) is 11.3. The number of carbonyl (C=O) groups is 2. The van der Waals surface area contributed by atoms with Crippen molar-refractivity contribution in [1.29, 1.82) is 5.26 Å². The molecule has 1 rings (SSSR count). The van der Waals surface area contributed by atoms with Crippen molar-refractivity contribution < 1.29 is 27.9 Å². The number of carbonyl (C=O) groups excluding carboxylic acids is 1. The molecule has 0 aliphatic heterocycles. The van der Waals surface area contributed by atoms with E-state index in [2.05, 4.69) is 0 Å². The quantitative estimate of drug-likeness (QED) is 0.848. The Hall–Kier alpha value is -2.36. The summed E-state index contributed by atoms with van der Waals surface area (Å²) in [6, 6.07) is 4.26. The average molecular weight is 301 g/mol.